The summed E-state index contributed by atoms with van der Waals surface area (Å²) in [5.74, 6) is 0.898. The van der Waals surface area contributed by atoms with Crippen molar-refractivity contribution in [3.63, 3.8) is 0 Å². The van der Waals surface area contributed by atoms with Gasteiger partial charge in [-0.3, -0.25) is 19.2 Å². The number of aryl methyl sites for hydroxylation is 2. The Morgan fingerprint density at radius 1 is 1.14 bits per heavy atom. The van der Waals surface area contributed by atoms with Crippen molar-refractivity contribution in [3.8, 4) is 16.3 Å². The Hall–Kier alpha value is -3.99. The largest absolute Gasteiger partial charge is 0.346 e. The summed E-state index contributed by atoms with van der Waals surface area (Å²) in [6, 6.07) is 5.96. The Morgan fingerprint density at radius 2 is 2.03 bits per heavy atom. The highest BCUT2D eigenvalue weighted by Crippen LogP contribution is 2.36. The number of nitrogens with one attached hydrogen (secondary N) is 1. The number of pyridine rings is 1. The fourth-order valence-corrected chi connectivity index (χ4v) is 5.05. The van der Waals surface area contributed by atoms with Gasteiger partial charge in [-0.1, -0.05) is 6.42 Å². The van der Waals surface area contributed by atoms with E-state index in [1.807, 2.05) is 23.7 Å². The van der Waals surface area contributed by atoms with Crippen LogP contribution in [0.1, 0.15) is 57.6 Å². The maximum Gasteiger partial charge on any atom is 0.253 e. The lowest BCUT2D eigenvalue weighted by Crippen LogP contribution is -2.24. The van der Waals surface area contributed by atoms with E-state index in [9.17, 15) is 4.79 Å². The van der Waals surface area contributed by atoms with Crippen LogP contribution in [0.3, 0.4) is 0 Å². The van der Waals surface area contributed by atoms with Gasteiger partial charge < -0.3 is 5.32 Å². The molecule has 11 heteroatoms. The molecule has 35 heavy (non-hydrogen) atoms. The minimum atomic E-state index is -0.226. The Kier molecular flexibility index (Phi) is 5.33. The number of rotatable bonds is 6. The van der Waals surface area contributed by atoms with Gasteiger partial charge in [0.05, 0.1) is 46.5 Å². The zero-order valence-corrected chi connectivity index (χ0v) is 20.2. The van der Waals surface area contributed by atoms with Crippen molar-refractivity contribution < 1.29 is 4.79 Å². The zero-order chi connectivity index (χ0) is 23.9. The van der Waals surface area contributed by atoms with Gasteiger partial charge in [-0.25, -0.2) is 4.98 Å². The summed E-state index contributed by atoms with van der Waals surface area (Å²) >= 11 is 1.68. The van der Waals surface area contributed by atoms with Gasteiger partial charge in [-0.15, -0.1) is 16.4 Å². The van der Waals surface area contributed by atoms with Crippen LogP contribution in [0.4, 0.5) is 0 Å². The van der Waals surface area contributed by atoms with Crippen LogP contribution in [0, 0.1) is 13.8 Å². The topological polar surface area (TPSA) is 116 Å². The van der Waals surface area contributed by atoms with Crippen molar-refractivity contribution in [2.45, 2.75) is 45.6 Å². The van der Waals surface area contributed by atoms with E-state index < -0.39 is 0 Å². The van der Waals surface area contributed by atoms with Gasteiger partial charge in [0, 0.05) is 23.2 Å². The standard InChI is InChI=1S/C24H23N9OS/c1-14-9-26-18(10-25-14)11-28-24(34)17-8-19(33-22(29-30-31-33)16-4-3-5-16)23-27-12-20(32(23)13-17)21-7-6-15(2)35-21/h6-10,12-13,16H,3-5,11H2,1-2H3,(H,28,34). The first-order valence-corrected chi connectivity index (χ1v) is 12.3. The maximum atomic E-state index is 13.3. The molecule has 6 rings (SSSR count). The maximum absolute atomic E-state index is 13.3. The van der Waals surface area contributed by atoms with Crippen molar-refractivity contribution in [2.24, 2.45) is 0 Å². The van der Waals surface area contributed by atoms with E-state index in [4.69, 9.17) is 4.98 Å². The predicted molar refractivity (Wildman–Crippen MR) is 130 cm³/mol. The number of fused-ring (bicyclic) bond motifs is 1. The van der Waals surface area contributed by atoms with Crippen LogP contribution in [0.2, 0.25) is 0 Å². The minimum absolute atomic E-state index is 0.226. The number of hydrogen-bond donors (Lipinski definition) is 1. The average molecular weight is 486 g/mol. The van der Waals surface area contributed by atoms with E-state index in [0.717, 1.165) is 34.9 Å². The van der Waals surface area contributed by atoms with Crippen molar-refractivity contribution in [2.75, 3.05) is 0 Å². The fraction of sp³-hybridized carbons (Fsp3) is 0.292. The number of hydrogen-bond acceptors (Lipinski definition) is 8. The number of nitrogens with zero attached hydrogens (tertiary/aromatic N) is 8. The van der Waals surface area contributed by atoms with Gasteiger partial charge in [0.2, 0.25) is 0 Å². The van der Waals surface area contributed by atoms with Gasteiger partial charge in [0.1, 0.15) is 5.69 Å². The summed E-state index contributed by atoms with van der Waals surface area (Å²) in [7, 11) is 0. The molecule has 1 aliphatic carbocycles. The smallest absolute Gasteiger partial charge is 0.253 e. The first kappa shape index (κ1) is 21.5. The molecule has 5 heterocycles. The van der Waals surface area contributed by atoms with Crippen LogP contribution < -0.4 is 5.32 Å². The van der Waals surface area contributed by atoms with Crippen LogP contribution in [0.25, 0.3) is 21.9 Å². The molecular formula is C24H23N9OS. The molecule has 0 spiro atoms. The van der Waals surface area contributed by atoms with Crippen molar-refractivity contribution in [1.29, 1.82) is 0 Å². The highest BCUT2D eigenvalue weighted by Gasteiger charge is 2.28. The Labute approximate surface area is 205 Å². The molecule has 5 aromatic heterocycles. The molecule has 0 atom stereocenters. The molecule has 5 aromatic rings. The number of carbonyl (C=O) groups excluding carboxylic acids is 1. The van der Waals surface area contributed by atoms with E-state index in [1.165, 1.54) is 11.3 Å². The van der Waals surface area contributed by atoms with E-state index in [0.29, 0.717) is 28.5 Å². The van der Waals surface area contributed by atoms with Crippen molar-refractivity contribution >= 4 is 22.9 Å². The van der Waals surface area contributed by atoms with Gasteiger partial charge in [-0.2, -0.15) is 4.68 Å². The summed E-state index contributed by atoms with van der Waals surface area (Å²) in [6.07, 6.45) is 10.3. The normalized spacial score (nSPS) is 13.8. The molecule has 1 saturated carbocycles. The number of amides is 1. The minimum Gasteiger partial charge on any atom is -0.346 e. The molecule has 0 unspecified atom stereocenters. The highest BCUT2D eigenvalue weighted by atomic mass is 32.1. The van der Waals surface area contributed by atoms with Crippen molar-refractivity contribution in [1.82, 2.24) is 44.9 Å². The number of tetrazole rings is 1. The second-order valence-electron chi connectivity index (χ2n) is 8.77. The molecule has 176 valence electrons. The molecule has 1 fully saturated rings. The molecule has 0 aliphatic heterocycles. The third-order valence-corrected chi connectivity index (χ3v) is 7.32. The summed E-state index contributed by atoms with van der Waals surface area (Å²) < 4.78 is 3.69. The molecule has 0 bridgehead atoms. The van der Waals surface area contributed by atoms with Crippen molar-refractivity contribution in [3.05, 3.63) is 70.6 Å². The second kappa shape index (κ2) is 8.66. The average Bonchev–Trinajstić information content (AvgIpc) is 3.56. The van der Waals surface area contributed by atoms with Gasteiger partial charge in [0.15, 0.2) is 11.5 Å². The molecule has 0 aromatic carbocycles. The Bertz CT molecular complexity index is 1530. The van der Waals surface area contributed by atoms with Crippen LogP contribution in [-0.2, 0) is 6.54 Å². The van der Waals surface area contributed by atoms with Crippen LogP contribution >= 0.6 is 11.3 Å². The summed E-state index contributed by atoms with van der Waals surface area (Å²) in [5, 5.41) is 15.5. The quantitative estimate of drug-likeness (QED) is 0.390. The lowest BCUT2D eigenvalue weighted by Gasteiger charge is -2.24. The van der Waals surface area contributed by atoms with E-state index in [2.05, 4.69) is 49.9 Å². The third-order valence-electron chi connectivity index (χ3n) is 6.30. The molecule has 10 nitrogen and oxygen atoms in total. The highest BCUT2D eigenvalue weighted by molar-refractivity contribution is 7.15. The molecule has 0 radical (unpaired) electrons. The molecule has 0 saturated heterocycles. The lowest BCUT2D eigenvalue weighted by molar-refractivity contribution is 0.0950. The number of thiophene rings is 1. The van der Waals surface area contributed by atoms with Gasteiger partial charge >= 0.3 is 0 Å². The number of imidazole rings is 1. The Morgan fingerprint density at radius 3 is 2.74 bits per heavy atom. The van der Waals surface area contributed by atoms with E-state index in [-0.39, 0.29) is 12.5 Å². The van der Waals surface area contributed by atoms with E-state index >= 15 is 0 Å². The lowest BCUT2D eigenvalue weighted by atomic mass is 9.85. The van der Waals surface area contributed by atoms with Crippen LogP contribution in [0.15, 0.2) is 43.0 Å². The SMILES string of the molecule is Cc1cnc(CNC(=O)c2cc(-n3nnnc3C3CCC3)c3ncc(-c4ccc(C)s4)n3c2)cn1. The van der Waals surface area contributed by atoms with E-state index in [1.54, 1.807) is 34.5 Å². The number of aromatic nitrogens is 8. The summed E-state index contributed by atoms with van der Waals surface area (Å²) in [5.41, 5.74) is 4.29. The van der Waals surface area contributed by atoms with Gasteiger partial charge in [-0.05, 0) is 55.3 Å². The fourth-order valence-electron chi connectivity index (χ4n) is 4.17. The Balaban J connectivity index is 1.43. The predicted octanol–water partition coefficient (Wildman–Crippen LogP) is 3.64. The molecule has 1 aliphatic rings. The van der Waals surface area contributed by atoms with Crippen LogP contribution in [-0.4, -0.2) is 45.5 Å². The molecule has 1 amide bonds. The van der Waals surface area contributed by atoms with Gasteiger partial charge in [0.25, 0.3) is 5.91 Å². The monoisotopic (exact) mass is 485 g/mol. The number of carbonyl (C=O) groups is 1. The summed E-state index contributed by atoms with van der Waals surface area (Å²) in [4.78, 5) is 28.8. The first-order valence-electron chi connectivity index (χ1n) is 11.5. The second-order valence-corrected chi connectivity index (χ2v) is 10.1. The summed E-state index contributed by atoms with van der Waals surface area (Å²) in [6.45, 7) is 4.22. The van der Waals surface area contributed by atoms with Crippen LogP contribution in [0.5, 0.6) is 0 Å². The molecular weight excluding hydrogens is 462 g/mol. The first-order chi connectivity index (χ1) is 17.1. The zero-order valence-electron chi connectivity index (χ0n) is 19.3. The third kappa shape index (κ3) is 3.97. The molecule has 1 N–H and O–H groups in total.